The van der Waals surface area contributed by atoms with E-state index in [4.69, 9.17) is 5.26 Å². The molecule has 0 aromatic heterocycles. The molecule has 1 aliphatic rings. The number of benzene rings is 2. The van der Waals surface area contributed by atoms with Gasteiger partial charge in [0.25, 0.3) is 0 Å². The molecule has 0 saturated carbocycles. The molecule has 2 aromatic rings. The van der Waals surface area contributed by atoms with Gasteiger partial charge in [-0.25, -0.2) is 9.18 Å². The van der Waals surface area contributed by atoms with Crippen LogP contribution in [0.3, 0.4) is 0 Å². The van der Waals surface area contributed by atoms with Crippen LogP contribution in [0, 0.1) is 23.1 Å². The Labute approximate surface area is 182 Å². The van der Waals surface area contributed by atoms with Crippen LogP contribution < -0.4 is 10.6 Å². The lowest BCUT2D eigenvalue weighted by atomic mass is 9.90. The van der Waals surface area contributed by atoms with Crippen LogP contribution in [0.5, 0.6) is 0 Å². The van der Waals surface area contributed by atoms with E-state index in [1.807, 2.05) is 18.2 Å². The first-order valence-electron chi connectivity index (χ1n) is 10.7. The van der Waals surface area contributed by atoms with Crippen LogP contribution in [0.15, 0.2) is 48.5 Å². The van der Waals surface area contributed by atoms with Crippen LogP contribution >= 0.6 is 0 Å². The standard InChI is InChI=1S/C24H29FN4O2/c1-17(27-24(31)28-22-4-2-3-20(14-22)15-26)23(30)16-29-11-9-19(10-12-29)13-18-5-7-21(25)8-6-18/h2-8,14,17,19,23,30H,9-13,16H2,1H3,(H2,27,28,31)/t17-,23-/m0/s1. The fraction of sp³-hybridized carbons (Fsp3) is 0.417. The van der Waals surface area contributed by atoms with E-state index in [9.17, 15) is 14.3 Å². The summed E-state index contributed by atoms with van der Waals surface area (Å²) in [6, 6.07) is 14.6. The van der Waals surface area contributed by atoms with Crippen LogP contribution in [-0.2, 0) is 6.42 Å². The van der Waals surface area contributed by atoms with Gasteiger partial charge in [-0.1, -0.05) is 18.2 Å². The van der Waals surface area contributed by atoms with E-state index in [-0.39, 0.29) is 5.82 Å². The normalized spacial score (nSPS) is 16.8. The fourth-order valence-corrected chi connectivity index (χ4v) is 3.89. The molecule has 1 fully saturated rings. The number of piperidine rings is 1. The number of urea groups is 1. The number of hydrogen-bond donors (Lipinski definition) is 3. The van der Waals surface area contributed by atoms with Crippen molar-refractivity contribution in [1.29, 1.82) is 5.26 Å². The number of anilines is 1. The number of nitrogens with one attached hydrogen (secondary N) is 2. The number of nitrogens with zero attached hydrogens (tertiary/aromatic N) is 2. The summed E-state index contributed by atoms with van der Waals surface area (Å²) >= 11 is 0. The highest BCUT2D eigenvalue weighted by Crippen LogP contribution is 2.22. The van der Waals surface area contributed by atoms with Crippen molar-refractivity contribution in [2.24, 2.45) is 5.92 Å². The molecule has 0 spiro atoms. The van der Waals surface area contributed by atoms with Crippen LogP contribution in [0.4, 0.5) is 14.9 Å². The van der Waals surface area contributed by atoms with Crippen molar-refractivity contribution < 1.29 is 14.3 Å². The monoisotopic (exact) mass is 424 g/mol. The fourth-order valence-electron chi connectivity index (χ4n) is 3.89. The number of amides is 2. The zero-order valence-corrected chi connectivity index (χ0v) is 17.7. The Kier molecular flexibility index (Phi) is 7.99. The average molecular weight is 425 g/mol. The van der Waals surface area contributed by atoms with Gasteiger partial charge in [0.2, 0.25) is 0 Å². The maximum Gasteiger partial charge on any atom is 0.319 e. The molecule has 1 heterocycles. The molecule has 2 amide bonds. The first-order chi connectivity index (χ1) is 14.9. The number of carbonyl (C=O) groups excluding carboxylic acids is 1. The zero-order chi connectivity index (χ0) is 22.2. The topological polar surface area (TPSA) is 88.4 Å². The molecule has 0 unspecified atom stereocenters. The van der Waals surface area contributed by atoms with E-state index >= 15 is 0 Å². The third-order valence-corrected chi connectivity index (χ3v) is 5.78. The number of halogens is 1. The van der Waals surface area contributed by atoms with Crippen LogP contribution in [-0.4, -0.2) is 47.8 Å². The molecule has 1 aliphatic heterocycles. The van der Waals surface area contributed by atoms with Gasteiger partial charge >= 0.3 is 6.03 Å². The summed E-state index contributed by atoms with van der Waals surface area (Å²) < 4.78 is 13.1. The van der Waals surface area contributed by atoms with E-state index in [1.54, 1.807) is 31.2 Å². The minimum Gasteiger partial charge on any atom is -0.390 e. The van der Waals surface area contributed by atoms with Crippen LogP contribution in [0.2, 0.25) is 0 Å². The second kappa shape index (κ2) is 10.9. The SMILES string of the molecule is C[C@H](NC(=O)Nc1cccc(C#N)c1)[C@@H](O)CN1CCC(Cc2ccc(F)cc2)CC1. The number of hydrogen-bond acceptors (Lipinski definition) is 4. The summed E-state index contributed by atoms with van der Waals surface area (Å²) in [5.74, 6) is 0.351. The quantitative estimate of drug-likeness (QED) is 0.635. The Morgan fingerprint density at radius 1 is 1.26 bits per heavy atom. The van der Waals surface area contributed by atoms with Gasteiger partial charge in [-0.15, -0.1) is 0 Å². The Morgan fingerprint density at radius 2 is 1.97 bits per heavy atom. The first kappa shape index (κ1) is 22.7. The highest BCUT2D eigenvalue weighted by atomic mass is 19.1. The summed E-state index contributed by atoms with van der Waals surface area (Å²) in [6.45, 7) is 4.05. The number of rotatable bonds is 7. The molecule has 0 bridgehead atoms. The molecule has 6 nitrogen and oxygen atoms in total. The molecule has 1 saturated heterocycles. The van der Waals surface area contributed by atoms with Crippen LogP contribution in [0.25, 0.3) is 0 Å². The molecular formula is C24H29FN4O2. The van der Waals surface area contributed by atoms with Crippen molar-refractivity contribution in [2.75, 3.05) is 25.0 Å². The summed E-state index contributed by atoms with van der Waals surface area (Å²) in [6.07, 6.45) is 2.32. The highest BCUT2D eigenvalue weighted by molar-refractivity contribution is 5.89. The van der Waals surface area contributed by atoms with Gasteiger partial charge in [0.1, 0.15) is 5.82 Å². The Bertz CT molecular complexity index is 905. The molecule has 7 heteroatoms. The molecule has 31 heavy (non-hydrogen) atoms. The van der Waals surface area contributed by atoms with E-state index in [0.717, 1.165) is 37.9 Å². The van der Waals surface area contributed by atoms with E-state index in [0.29, 0.717) is 23.7 Å². The third-order valence-electron chi connectivity index (χ3n) is 5.78. The van der Waals surface area contributed by atoms with Gasteiger partial charge in [0.05, 0.1) is 23.8 Å². The highest BCUT2D eigenvalue weighted by Gasteiger charge is 2.24. The molecule has 0 aliphatic carbocycles. The maximum atomic E-state index is 13.1. The lowest BCUT2D eigenvalue weighted by molar-refractivity contribution is 0.0701. The van der Waals surface area contributed by atoms with Crippen molar-refractivity contribution in [2.45, 2.75) is 38.3 Å². The molecule has 3 N–H and O–H groups in total. The molecule has 164 valence electrons. The summed E-state index contributed by atoms with van der Waals surface area (Å²) in [7, 11) is 0. The Morgan fingerprint density at radius 3 is 2.65 bits per heavy atom. The molecule has 2 atom stereocenters. The van der Waals surface area contributed by atoms with Crippen molar-refractivity contribution in [3.63, 3.8) is 0 Å². The second-order valence-corrected chi connectivity index (χ2v) is 8.22. The van der Waals surface area contributed by atoms with E-state index < -0.39 is 18.2 Å². The first-order valence-corrected chi connectivity index (χ1v) is 10.7. The number of β-amino-alcohol motifs (C(OH)–C–C–N with tert-alkyl or cyclic N) is 1. The zero-order valence-electron chi connectivity index (χ0n) is 17.7. The summed E-state index contributed by atoms with van der Waals surface area (Å²) in [4.78, 5) is 14.4. The molecular weight excluding hydrogens is 395 g/mol. The Balaban J connectivity index is 1.39. The largest absolute Gasteiger partial charge is 0.390 e. The van der Waals surface area contributed by atoms with Crippen molar-refractivity contribution >= 4 is 11.7 Å². The van der Waals surface area contributed by atoms with Crippen molar-refractivity contribution in [3.8, 4) is 6.07 Å². The second-order valence-electron chi connectivity index (χ2n) is 8.22. The van der Waals surface area contributed by atoms with Gasteiger partial charge in [0.15, 0.2) is 0 Å². The van der Waals surface area contributed by atoms with Gasteiger partial charge in [0, 0.05) is 12.2 Å². The predicted molar refractivity (Wildman–Crippen MR) is 118 cm³/mol. The molecule has 2 aromatic carbocycles. The van der Waals surface area contributed by atoms with Gasteiger partial charge in [-0.2, -0.15) is 5.26 Å². The van der Waals surface area contributed by atoms with E-state index in [1.165, 1.54) is 12.1 Å². The van der Waals surface area contributed by atoms with Crippen molar-refractivity contribution in [1.82, 2.24) is 10.2 Å². The summed E-state index contributed by atoms with van der Waals surface area (Å²) in [5, 5.41) is 24.9. The number of aliphatic hydroxyl groups is 1. The predicted octanol–water partition coefficient (Wildman–Crippen LogP) is 3.52. The lowest BCUT2D eigenvalue weighted by Crippen LogP contribution is -2.49. The van der Waals surface area contributed by atoms with Gasteiger partial charge in [-0.3, -0.25) is 0 Å². The van der Waals surface area contributed by atoms with Gasteiger partial charge < -0.3 is 20.6 Å². The molecule has 0 radical (unpaired) electrons. The Hall–Kier alpha value is -2.95. The maximum absolute atomic E-state index is 13.1. The van der Waals surface area contributed by atoms with E-state index in [2.05, 4.69) is 15.5 Å². The average Bonchev–Trinajstić information content (AvgIpc) is 2.76. The minimum atomic E-state index is -0.690. The molecule has 3 rings (SSSR count). The number of carbonyl (C=O) groups is 1. The smallest absolute Gasteiger partial charge is 0.319 e. The van der Waals surface area contributed by atoms with Crippen molar-refractivity contribution in [3.05, 3.63) is 65.5 Å². The third kappa shape index (κ3) is 7.06. The number of aliphatic hydroxyl groups excluding tert-OH is 1. The number of nitriles is 1. The minimum absolute atomic E-state index is 0.209. The lowest BCUT2D eigenvalue weighted by Gasteiger charge is -2.34. The summed E-state index contributed by atoms with van der Waals surface area (Å²) in [5.41, 5.74) is 2.15. The van der Waals surface area contributed by atoms with Gasteiger partial charge in [-0.05, 0) is 81.1 Å². The van der Waals surface area contributed by atoms with Crippen LogP contribution in [0.1, 0.15) is 30.9 Å². The number of likely N-dealkylation sites (tertiary alicyclic amines) is 1.